The van der Waals surface area contributed by atoms with Crippen LogP contribution in [0.25, 0.3) is 0 Å². The quantitative estimate of drug-likeness (QED) is 0.0173. The number of carbonyl (C=O) groups excluding carboxylic acids is 9. The Hall–Kier alpha value is -11.7. The van der Waals surface area contributed by atoms with Crippen LogP contribution in [0.3, 0.4) is 0 Å². The van der Waals surface area contributed by atoms with Gasteiger partial charge in [-0.1, -0.05) is 199 Å². The van der Waals surface area contributed by atoms with Gasteiger partial charge in [0.25, 0.3) is 3.79 Å². The highest BCUT2D eigenvalue weighted by molar-refractivity contribution is 6.76. The monoisotopic (exact) mass is 1550 g/mol. The zero-order chi connectivity index (χ0) is 77.1. The molecule has 0 saturated carbocycles. The summed E-state index contributed by atoms with van der Waals surface area (Å²) in [5.74, 6) is -10.7. The van der Waals surface area contributed by atoms with Crippen LogP contribution in [0.1, 0.15) is 93.2 Å². The van der Waals surface area contributed by atoms with E-state index in [1.54, 1.807) is 103 Å². The van der Waals surface area contributed by atoms with Gasteiger partial charge in [-0.2, -0.15) is 0 Å². The normalized spacial score (nSPS) is 22.8. The number of rotatable bonds is 26. The zero-order valence-corrected chi connectivity index (χ0v) is 59.9. The van der Waals surface area contributed by atoms with Crippen LogP contribution in [0.2, 0.25) is 0 Å². The molecule has 0 amide bonds. The second-order valence-electron chi connectivity index (χ2n) is 24.6. The average Bonchev–Trinajstić information content (AvgIpc) is 1.28. The minimum atomic E-state index is -2.75. The molecule has 0 aromatic heterocycles. The number of halogens is 3. The molecule has 0 aliphatic carbocycles. The maximum atomic E-state index is 15.1. The van der Waals surface area contributed by atoms with E-state index in [9.17, 15) is 33.6 Å². The molecule has 3 fully saturated rings. The summed E-state index contributed by atoms with van der Waals surface area (Å²) in [4.78, 5) is 132. The third kappa shape index (κ3) is 20.0. The van der Waals surface area contributed by atoms with E-state index in [0.29, 0.717) is 0 Å². The van der Waals surface area contributed by atoms with Gasteiger partial charge in [0.05, 0.1) is 50.1 Å². The van der Waals surface area contributed by atoms with Crippen molar-refractivity contribution in [2.24, 2.45) is 0 Å². The van der Waals surface area contributed by atoms with Gasteiger partial charge >= 0.3 is 53.7 Å². The van der Waals surface area contributed by atoms with Gasteiger partial charge in [-0.15, -0.1) is 0 Å². The second kappa shape index (κ2) is 37.0. The average molecular weight is 1560 g/mol. The Morgan fingerprint density at radius 2 is 0.455 bits per heavy atom. The van der Waals surface area contributed by atoms with Crippen molar-refractivity contribution in [2.75, 3.05) is 19.8 Å². The Kier molecular flexibility index (Phi) is 26.2. The van der Waals surface area contributed by atoms with E-state index >= 15 is 9.59 Å². The van der Waals surface area contributed by atoms with Crippen molar-refractivity contribution in [3.05, 3.63) is 323 Å². The van der Waals surface area contributed by atoms with E-state index in [1.807, 2.05) is 0 Å². The van der Waals surface area contributed by atoms with Crippen molar-refractivity contribution in [2.45, 2.75) is 89.8 Å². The molecule has 3 heterocycles. The van der Waals surface area contributed by atoms with E-state index in [-0.39, 0.29) is 50.1 Å². The Balaban J connectivity index is 1.07. The van der Waals surface area contributed by atoms with E-state index in [4.69, 9.17) is 111 Å². The van der Waals surface area contributed by atoms with Crippen molar-refractivity contribution in [1.82, 2.24) is 0 Å². The Morgan fingerprint density at radius 3 is 0.727 bits per heavy atom. The fraction of sp³-hybridized carbons (Fsp3) is 0.220. The molecule has 12 rings (SSSR count). The lowest BCUT2D eigenvalue weighted by molar-refractivity contribution is -0.366. The van der Waals surface area contributed by atoms with Crippen molar-refractivity contribution < 1.29 is 114 Å². The highest BCUT2D eigenvalue weighted by Gasteiger charge is 2.61. The largest absolute Gasteiger partial charge is 0.459 e. The van der Waals surface area contributed by atoms with Gasteiger partial charge < -0.3 is 71.1 Å². The molecule has 0 unspecified atom stereocenters. The molecule has 25 nitrogen and oxygen atoms in total. The molecular weight excluding hydrogens is 1490 g/mol. The SMILES string of the molecule is N=C(O[C@H]1O[C@H](COC(=O)c2ccccc2)[C@@H](O[C@H]2O[C@H](COC(=O)c3ccccc3)[C@@H](OC(=O)c3ccccc3)[C@@H]2OC(=O)c2ccccc2)[C@H](O[C@H]2O[C@H](COC(=O)c3ccccc3)[C@@H](OC(=O)c3ccccc3)[C@H](OC(=O)c3ccccc3)[C@H]2OC(=O)c2ccccc2)[C@H]1OC(=O)c1ccccc1)C(Cl)(Cl)Cl. The lowest BCUT2D eigenvalue weighted by Crippen LogP contribution is -2.68. The Bertz CT molecular complexity index is 4640. The molecule has 14 atom stereocenters. The molecular formula is C82H66Cl3NO24. The van der Waals surface area contributed by atoms with Crippen LogP contribution in [-0.4, -0.2) is 169 Å². The molecule has 9 aromatic rings. The Labute approximate surface area is 643 Å². The van der Waals surface area contributed by atoms with E-state index in [1.165, 1.54) is 170 Å². The van der Waals surface area contributed by atoms with Gasteiger partial charge in [0, 0.05) is 0 Å². The summed E-state index contributed by atoms with van der Waals surface area (Å²) in [5.41, 5.74) is -0.391. The van der Waals surface area contributed by atoms with Gasteiger partial charge in [0.15, 0.2) is 49.2 Å². The predicted molar refractivity (Wildman–Crippen MR) is 389 cm³/mol. The number of alkyl halides is 3. The van der Waals surface area contributed by atoms with Crippen LogP contribution in [0.4, 0.5) is 0 Å². The highest BCUT2D eigenvalue weighted by atomic mass is 35.6. The summed E-state index contributed by atoms with van der Waals surface area (Å²) in [6, 6.07) is 67.7. The maximum Gasteiger partial charge on any atom is 0.338 e. The number of hydrogen-bond donors (Lipinski definition) is 1. The third-order valence-corrected chi connectivity index (χ3v) is 17.7. The van der Waals surface area contributed by atoms with Crippen LogP contribution < -0.4 is 0 Å². The van der Waals surface area contributed by atoms with Gasteiger partial charge in [0.2, 0.25) is 12.2 Å². The fourth-order valence-electron chi connectivity index (χ4n) is 11.8. The molecule has 0 spiro atoms. The number of nitrogens with one attached hydrogen (secondary N) is 1. The first-order valence-corrected chi connectivity index (χ1v) is 35.3. The number of hydrogen-bond acceptors (Lipinski definition) is 25. The van der Waals surface area contributed by atoms with Crippen molar-refractivity contribution >= 4 is 94.4 Å². The first kappa shape index (κ1) is 77.9. The molecule has 564 valence electrons. The minimum Gasteiger partial charge on any atom is -0.459 e. The summed E-state index contributed by atoms with van der Waals surface area (Å²) in [5, 5.41) is 9.07. The van der Waals surface area contributed by atoms with Gasteiger partial charge in [-0.05, 0) is 109 Å². The van der Waals surface area contributed by atoms with Crippen molar-refractivity contribution in [3.8, 4) is 0 Å². The highest BCUT2D eigenvalue weighted by Crippen LogP contribution is 2.41. The lowest BCUT2D eigenvalue weighted by atomic mass is 9.95. The van der Waals surface area contributed by atoms with E-state index in [0.717, 1.165) is 0 Å². The zero-order valence-electron chi connectivity index (χ0n) is 57.6. The number of benzene rings is 9. The standard InChI is InChI=1S/C82H66Cl3NO24/c83-82(84,85)81(86)110-80-68(107-77(95)57-44-26-9-27-45-57)65(109-79-67(106-76(94)56-42-24-8-25-43-56)64(104-74(92)54-38-20-6-21-39-54)61(102-72(90)52-34-16-4-17-35-52)58(99-79)46-96-69(87)49-28-10-1-11-29-49)62(59(101-80)47-97-70(88)50-30-12-2-13-31-50)108-78-66(105-75(93)55-40-22-7-23-41-55)63(103-73(91)53-36-18-5-19-37-53)60(100-78)48-98-71(89)51-32-14-3-15-33-51/h1-45,58-68,78-80,86H,46-48H2/t58-,59-,60-,61-,62-,63-,64+,65+,66+,67-,68-,78-,79-,80-/m1/s1. The number of carbonyl (C=O) groups is 9. The van der Waals surface area contributed by atoms with Crippen LogP contribution >= 0.6 is 34.8 Å². The topological polar surface area (TPSA) is 316 Å². The Morgan fingerprint density at radius 1 is 0.255 bits per heavy atom. The van der Waals surface area contributed by atoms with Gasteiger partial charge in [0.1, 0.15) is 50.3 Å². The lowest BCUT2D eigenvalue weighted by Gasteiger charge is -2.49. The van der Waals surface area contributed by atoms with Crippen molar-refractivity contribution in [3.63, 3.8) is 0 Å². The van der Waals surface area contributed by atoms with Gasteiger partial charge in [-0.25, -0.2) is 43.2 Å². The molecule has 3 aliphatic heterocycles. The smallest absolute Gasteiger partial charge is 0.338 e. The summed E-state index contributed by atoms with van der Waals surface area (Å²) in [6.07, 6.45) is -29.4. The van der Waals surface area contributed by atoms with Gasteiger partial charge in [-0.3, -0.25) is 5.41 Å². The number of esters is 9. The molecule has 3 saturated heterocycles. The molecule has 3 aliphatic rings. The maximum absolute atomic E-state index is 15.1. The summed E-state index contributed by atoms with van der Waals surface area (Å²) >= 11 is 19.1. The van der Waals surface area contributed by atoms with E-state index in [2.05, 4.69) is 0 Å². The van der Waals surface area contributed by atoms with Crippen LogP contribution in [0.5, 0.6) is 0 Å². The first-order valence-electron chi connectivity index (χ1n) is 34.2. The fourth-order valence-corrected chi connectivity index (χ4v) is 11.9. The van der Waals surface area contributed by atoms with E-state index < -0.39 is 169 Å². The molecule has 28 heteroatoms. The van der Waals surface area contributed by atoms with Crippen LogP contribution in [0, 0.1) is 5.41 Å². The molecule has 110 heavy (non-hydrogen) atoms. The molecule has 1 N–H and O–H groups in total. The number of ether oxygens (including phenoxy) is 15. The predicted octanol–water partition coefficient (Wildman–Crippen LogP) is 12.2. The first-order chi connectivity index (χ1) is 53.3. The minimum absolute atomic E-state index is 0.00620. The molecule has 0 bridgehead atoms. The molecule has 9 aromatic carbocycles. The van der Waals surface area contributed by atoms with Crippen molar-refractivity contribution in [1.29, 1.82) is 5.41 Å². The van der Waals surface area contributed by atoms with Crippen LogP contribution in [0.15, 0.2) is 273 Å². The molecule has 0 radical (unpaired) electrons. The summed E-state index contributed by atoms with van der Waals surface area (Å²) in [6.45, 7) is -2.66. The van der Waals surface area contributed by atoms with Crippen LogP contribution in [-0.2, 0) is 71.1 Å². The summed E-state index contributed by atoms with van der Waals surface area (Å²) < 4.78 is 94.3. The summed E-state index contributed by atoms with van der Waals surface area (Å²) in [7, 11) is 0. The third-order valence-electron chi connectivity index (χ3n) is 17.2. The second-order valence-corrected chi connectivity index (χ2v) is 26.9.